The first-order valence-corrected chi connectivity index (χ1v) is 7.87. The second kappa shape index (κ2) is 8.18. The molecule has 0 spiro atoms. The Kier molecular flexibility index (Phi) is 5.96. The summed E-state index contributed by atoms with van der Waals surface area (Å²) in [6.07, 6.45) is 0. The predicted octanol–water partition coefficient (Wildman–Crippen LogP) is 1.82. The van der Waals surface area contributed by atoms with Gasteiger partial charge in [-0.1, -0.05) is 12.1 Å². The summed E-state index contributed by atoms with van der Waals surface area (Å²) in [5.41, 5.74) is 3.20. The van der Waals surface area contributed by atoms with Crippen LogP contribution in [-0.2, 0) is 0 Å². The number of hydrogen-bond acceptors (Lipinski definition) is 6. The number of nitrogens with zero attached hydrogens (tertiary/aromatic N) is 1. The van der Waals surface area contributed by atoms with Gasteiger partial charge in [0.2, 0.25) is 0 Å². The molecule has 0 aliphatic carbocycles. The molecule has 0 atom stereocenters. The zero-order valence-electron chi connectivity index (χ0n) is 14.3. The fraction of sp³-hybridized carbons (Fsp3) is 0.111. The molecule has 0 fully saturated rings. The fourth-order valence-corrected chi connectivity index (χ4v) is 2.84. The third-order valence-corrected chi connectivity index (χ3v) is 3.91. The first-order valence-electron chi connectivity index (χ1n) is 7.87. The second-order valence-electron chi connectivity index (χ2n) is 5.56. The summed E-state index contributed by atoms with van der Waals surface area (Å²) in [6.45, 7) is -0.139. The Labute approximate surface area is 159 Å². The Hall–Kier alpha value is -3.92. The van der Waals surface area contributed by atoms with E-state index in [4.69, 9.17) is 5.73 Å². The predicted molar refractivity (Wildman–Crippen MR) is 98.9 cm³/mol. The second-order valence-corrected chi connectivity index (χ2v) is 5.56. The van der Waals surface area contributed by atoms with E-state index in [2.05, 4.69) is 0 Å². The molecule has 0 saturated carbocycles. The van der Waals surface area contributed by atoms with Gasteiger partial charge in [-0.3, -0.25) is 0 Å². The summed E-state index contributed by atoms with van der Waals surface area (Å²) in [6, 6.07) is 7.39. The van der Waals surface area contributed by atoms with Crippen LogP contribution in [0.5, 0.6) is 0 Å². The molecule has 10 nitrogen and oxygen atoms in total. The molecular weight excluding hydrogens is 372 g/mol. The molecule has 0 saturated heterocycles. The van der Waals surface area contributed by atoms with Crippen LogP contribution in [0.3, 0.4) is 0 Å². The summed E-state index contributed by atoms with van der Waals surface area (Å²) in [5, 5.41) is 37.7. The number of carboxylic acids is 4. The number of aromatic carboxylic acids is 4. The molecule has 0 unspecified atom stereocenters. The van der Waals surface area contributed by atoms with Gasteiger partial charge in [-0.05, 0) is 24.3 Å². The zero-order valence-corrected chi connectivity index (χ0v) is 14.3. The lowest BCUT2D eigenvalue weighted by atomic mass is 10.0. The van der Waals surface area contributed by atoms with Crippen LogP contribution in [0.4, 0.5) is 11.4 Å². The van der Waals surface area contributed by atoms with Crippen molar-refractivity contribution in [3.05, 3.63) is 58.7 Å². The Morgan fingerprint density at radius 3 is 1.43 bits per heavy atom. The smallest absolute Gasteiger partial charge is 0.338 e. The molecule has 2 aromatic rings. The van der Waals surface area contributed by atoms with Crippen molar-refractivity contribution in [1.29, 1.82) is 0 Å². The monoisotopic (exact) mass is 390 g/mol. The SMILES string of the molecule is NCCN(c1cccc(C(=O)O)c1C(=O)O)c1cccc(C(=O)O)c1C(=O)O.[HH]. The van der Waals surface area contributed by atoms with Gasteiger partial charge in [-0.2, -0.15) is 0 Å². The van der Waals surface area contributed by atoms with Crippen molar-refractivity contribution in [2.24, 2.45) is 5.73 Å². The first-order chi connectivity index (χ1) is 13.2. The van der Waals surface area contributed by atoms with Crippen molar-refractivity contribution in [2.45, 2.75) is 0 Å². The Bertz CT molecular complexity index is 901. The first kappa shape index (κ1) is 20.4. The van der Waals surface area contributed by atoms with E-state index in [-0.39, 0.29) is 25.9 Å². The third-order valence-electron chi connectivity index (χ3n) is 3.91. The highest BCUT2D eigenvalue weighted by Crippen LogP contribution is 2.34. The maximum absolute atomic E-state index is 11.7. The highest BCUT2D eigenvalue weighted by molar-refractivity contribution is 6.09. The standard InChI is InChI=1S/C18H16N2O8.H2/c19-7-8-20(11-5-1-3-9(15(21)22)13(11)17(25)26)12-6-2-4-10(16(23)24)14(12)18(27)28;/h1-6H,7-8,19H2,(H,21,22)(H,23,24)(H,25,26)(H,27,28);1H. The van der Waals surface area contributed by atoms with Gasteiger partial charge in [0, 0.05) is 14.5 Å². The number of anilines is 2. The van der Waals surface area contributed by atoms with Crippen molar-refractivity contribution >= 4 is 35.3 Å². The van der Waals surface area contributed by atoms with Crippen LogP contribution in [0.2, 0.25) is 0 Å². The van der Waals surface area contributed by atoms with Crippen molar-refractivity contribution in [2.75, 3.05) is 18.0 Å². The molecule has 0 aliphatic rings. The normalized spacial score (nSPS) is 10.3. The largest absolute Gasteiger partial charge is 0.478 e. The van der Waals surface area contributed by atoms with Gasteiger partial charge < -0.3 is 31.1 Å². The van der Waals surface area contributed by atoms with E-state index in [1.165, 1.54) is 29.2 Å². The van der Waals surface area contributed by atoms with Crippen molar-refractivity contribution in [3.63, 3.8) is 0 Å². The minimum Gasteiger partial charge on any atom is -0.478 e. The molecule has 0 aliphatic heterocycles. The summed E-state index contributed by atoms with van der Waals surface area (Å²) in [7, 11) is 0. The van der Waals surface area contributed by atoms with Crippen LogP contribution in [-0.4, -0.2) is 57.4 Å². The highest BCUT2D eigenvalue weighted by atomic mass is 16.4. The van der Waals surface area contributed by atoms with Crippen LogP contribution in [0.1, 0.15) is 42.9 Å². The third kappa shape index (κ3) is 3.76. The van der Waals surface area contributed by atoms with Crippen LogP contribution in [0.25, 0.3) is 0 Å². The van der Waals surface area contributed by atoms with Gasteiger partial charge in [-0.25, -0.2) is 19.2 Å². The van der Waals surface area contributed by atoms with Gasteiger partial charge >= 0.3 is 23.9 Å². The average Bonchev–Trinajstić information content (AvgIpc) is 2.64. The molecule has 148 valence electrons. The molecular formula is C18H18N2O8. The minimum atomic E-state index is -1.54. The number of nitrogens with two attached hydrogens (primary N) is 1. The number of carbonyl (C=O) groups is 4. The van der Waals surface area contributed by atoms with Gasteiger partial charge in [0.15, 0.2) is 0 Å². The van der Waals surface area contributed by atoms with Crippen molar-refractivity contribution in [3.8, 4) is 0 Å². The average molecular weight is 390 g/mol. The van der Waals surface area contributed by atoms with E-state index in [1.807, 2.05) is 0 Å². The van der Waals surface area contributed by atoms with E-state index < -0.39 is 46.1 Å². The Balaban J connectivity index is 0.00000420. The lowest BCUT2D eigenvalue weighted by Gasteiger charge is -2.28. The van der Waals surface area contributed by atoms with Crippen molar-refractivity contribution in [1.82, 2.24) is 0 Å². The molecule has 0 radical (unpaired) electrons. The molecule has 10 heteroatoms. The summed E-state index contributed by atoms with van der Waals surface area (Å²) < 4.78 is 0. The van der Waals surface area contributed by atoms with E-state index in [1.54, 1.807) is 0 Å². The molecule has 0 aromatic heterocycles. The minimum absolute atomic E-state index is 0. The van der Waals surface area contributed by atoms with Crippen LogP contribution >= 0.6 is 0 Å². The number of hydrogen-bond donors (Lipinski definition) is 5. The Morgan fingerprint density at radius 1 is 0.750 bits per heavy atom. The van der Waals surface area contributed by atoms with Gasteiger partial charge in [0.1, 0.15) is 0 Å². The summed E-state index contributed by atoms with van der Waals surface area (Å²) in [5.74, 6) is -6.04. The maximum Gasteiger partial charge on any atom is 0.338 e. The molecule has 0 bridgehead atoms. The lowest BCUT2D eigenvalue weighted by molar-refractivity contribution is 0.0651. The van der Waals surface area contributed by atoms with Crippen LogP contribution in [0.15, 0.2) is 36.4 Å². The van der Waals surface area contributed by atoms with Gasteiger partial charge in [0.05, 0.1) is 33.6 Å². The summed E-state index contributed by atoms with van der Waals surface area (Å²) in [4.78, 5) is 47.6. The highest BCUT2D eigenvalue weighted by Gasteiger charge is 2.28. The van der Waals surface area contributed by atoms with Gasteiger partial charge in [-0.15, -0.1) is 0 Å². The molecule has 2 rings (SSSR count). The van der Waals surface area contributed by atoms with E-state index in [0.717, 1.165) is 12.1 Å². The van der Waals surface area contributed by atoms with E-state index in [0.29, 0.717) is 0 Å². The summed E-state index contributed by atoms with van der Waals surface area (Å²) >= 11 is 0. The van der Waals surface area contributed by atoms with E-state index >= 15 is 0 Å². The van der Waals surface area contributed by atoms with E-state index in [9.17, 15) is 39.6 Å². The molecule has 28 heavy (non-hydrogen) atoms. The number of carboxylic acid groups (broad SMARTS) is 4. The maximum atomic E-state index is 11.7. The Morgan fingerprint density at radius 2 is 1.14 bits per heavy atom. The lowest BCUT2D eigenvalue weighted by Crippen LogP contribution is -2.29. The molecule has 2 aromatic carbocycles. The van der Waals surface area contributed by atoms with Gasteiger partial charge in [0.25, 0.3) is 0 Å². The number of benzene rings is 2. The number of rotatable bonds is 8. The topological polar surface area (TPSA) is 178 Å². The fourth-order valence-electron chi connectivity index (χ4n) is 2.84. The molecule has 6 N–H and O–H groups in total. The zero-order chi connectivity index (χ0) is 21.0. The van der Waals surface area contributed by atoms with Crippen LogP contribution in [0, 0.1) is 0 Å². The van der Waals surface area contributed by atoms with Crippen molar-refractivity contribution < 1.29 is 41.0 Å². The molecule has 0 heterocycles. The van der Waals surface area contributed by atoms with Crippen LogP contribution < -0.4 is 10.6 Å². The molecule has 0 amide bonds. The quantitative estimate of drug-likeness (QED) is 0.446.